The minimum absolute atomic E-state index is 0.00658. The summed E-state index contributed by atoms with van der Waals surface area (Å²) < 4.78 is 11.6. The van der Waals surface area contributed by atoms with Crippen molar-refractivity contribution < 1.29 is 14.3 Å². The van der Waals surface area contributed by atoms with Crippen LogP contribution >= 0.6 is 0 Å². The lowest BCUT2D eigenvalue weighted by Crippen LogP contribution is -2.33. The summed E-state index contributed by atoms with van der Waals surface area (Å²) in [6, 6.07) is 3.19. The second-order valence-corrected chi connectivity index (χ2v) is 4.40. The van der Waals surface area contributed by atoms with Gasteiger partial charge in [0.05, 0.1) is 19.3 Å². The van der Waals surface area contributed by atoms with Crippen LogP contribution in [0.3, 0.4) is 0 Å². The van der Waals surface area contributed by atoms with Crippen molar-refractivity contribution in [1.82, 2.24) is 4.57 Å². The highest BCUT2D eigenvalue weighted by molar-refractivity contribution is 5.88. The Kier molecular flexibility index (Phi) is 3.81. The van der Waals surface area contributed by atoms with Crippen LogP contribution in [0.2, 0.25) is 0 Å². The van der Waals surface area contributed by atoms with Crippen LogP contribution in [0, 0.1) is 0 Å². The summed E-state index contributed by atoms with van der Waals surface area (Å²) in [5.41, 5.74) is -0.236. The Morgan fingerprint density at radius 1 is 1.39 bits per heavy atom. The number of esters is 1. The zero-order valence-corrected chi connectivity index (χ0v) is 10.6. The van der Waals surface area contributed by atoms with E-state index in [1.807, 2.05) is 0 Å². The Morgan fingerprint density at radius 2 is 2.17 bits per heavy atom. The van der Waals surface area contributed by atoms with Crippen molar-refractivity contribution in [1.29, 1.82) is 0 Å². The monoisotopic (exact) mass is 251 g/mol. The number of methoxy groups -OCH3 is 2. The summed E-state index contributed by atoms with van der Waals surface area (Å²) in [6.07, 6.45) is 4.60. The van der Waals surface area contributed by atoms with Crippen LogP contribution in [0.15, 0.2) is 23.1 Å². The molecule has 1 aliphatic rings. The molecule has 0 bridgehead atoms. The van der Waals surface area contributed by atoms with Gasteiger partial charge in [-0.25, -0.2) is 4.79 Å². The fraction of sp³-hybridized carbons (Fsp3) is 0.538. The topological polar surface area (TPSA) is 57.5 Å². The third-order valence-electron chi connectivity index (χ3n) is 3.46. The molecular formula is C13H17NO4. The number of hydrogen-bond acceptors (Lipinski definition) is 4. The SMILES string of the molecule is COC(=O)c1cccn([C@@H]2CCC[C@H]2OC)c1=O. The fourth-order valence-corrected chi connectivity index (χ4v) is 2.54. The highest BCUT2D eigenvalue weighted by Crippen LogP contribution is 2.30. The average Bonchev–Trinajstić information content (AvgIpc) is 2.86. The van der Waals surface area contributed by atoms with E-state index in [4.69, 9.17) is 4.74 Å². The van der Waals surface area contributed by atoms with Gasteiger partial charge in [0.15, 0.2) is 0 Å². The Labute approximate surface area is 105 Å². The molecule has 1 aromatic rings. The third kappa shape index (κ3) is 2.18. The summed E-state index contributed by atoms with van der Waals surface area (Å²) in [6.45, 7) is 0. The molecule has 1 aliphatic carbocycles. The molecule has 0 aliphatic heterocycles. The van der Waals surface area contributed by atoms with Crippen LogP contribution in [0.5, 0.6) is 0 Å². The summed E-state index contributed by atoms with van der Waals surface area (Å²) in [4.78, 5) is 23.7. The van der Waals surface area contributed by atoms with Gasteiger partial charge in [0, 0.05) is 13.3 Å². The third-order valence-corrected chi connectivity index (χ3v) is 3.46. The molecule has 18 heavy (non-hydrogen) atoms. The number of ether oxygens (including phenoxy) is 2. The van der Waals surface area contributed by atoms with Gasteiger partial charge in [-0.3, -0.25) is 4.79 Å². The molecule has 0 N–H and O–H groups in total. The lowest BCUT2D eigenvalue weighted by Gasteiger charge is -2.21. The largest absolute Gasteiger partial charge is 0.465 e. The maximum Gasteiger partial charge on any atom is 0.343 e. The fourth-order valence-electron chi connectivity index (χ4n) is 2.54. The van der Waals surface area contributed by atoms with Crippen LogP contribution in [0.25, 0.3) is 0 Å². The van der Waals surface area contributed by atoms with E-state index in [9.17, 15) is 9.59 Å². The Bertz CT molecular complexity index is 494. The van der Waals surface area contributed by atoms with Gasteiger partial charge in [0.2, 0.25) is 0 Å². The van der Waals surface area contributed by atoms with Gasteiger partial charge in [0.1, 0.15) is 5.56 Å². The van der Waals surface area contributed by atoms with E-state index in [2.05, 4.69) is 4.74 Å². The van der Waals surface area contributed by atoms with Gasteiger partial charge >= 0.3 is 5.97 Å². The summed E-state index contributed by atoms with van der Waals surface area (Å²) in [7, 11) is 2.92. The maximum absolute atomic E-state index is 12.2. The molecule has 1 aromatic heterocycles. The first-order valence-corrected chi connectivity index (χ1v) is 6.01. The van der Waals surface area contributed by atoms with Gasteiger partial charge in [0.25, 0.3) is 5.56 Å². The van der Waals surface area contributed by atoms with E-state index in [1.54, 1.807) is 23.9 Å². The summed E-state index contributed by atoms with van der Waals surface area (Å²) >= 11 is 0. The lowest BCUT2D eigenvalue weighted by atomic mass is 10.2. The zero-order valence-electron chi connectivity index (χ0n) is 10.6. The molecule has 5 nitrogen and oxygen atoms in total. The van der Waals surface area contributed by atoms with Gasteiger partial charge in [-0.2, -0.15) is 0 Å². The summed E-state index contributed by atoms with van der Waals surface area (Å²) in [5, 5.41) is 0. The minimum atomic E-state index is -0.596. The first kappa shape index (κ1) is 12.8. The second-order valence-electron chi connectivity index (χ2n) is 4.40. The quantitative estimate of drug-likeness (QED) is 0.761. The minimum Gasteiger partial charge on any atom is -0.465 e. The molecule has 1 fully saturated rings. The molecule has 0 amide bonds. The second kappa shape index (κ2) is 5.35. The van der Waals surface area contributed by atoms with Crippen molar-refractivity contribution in [2.24, 2.45) is 0 Å². The van der Waals surface area contributed by atoms with Crippen molar-refractivity contribution in [3.05, 3.63) is 34.2 Å². The molecule has 5 heteroatoms. The molecule has 98 valence electrons. The van der Waals surface area contributed by atoms with Crippen molar-refractivity contribution in [2.45, 2.75) is 31.4 Å². The molecule has 0 spiro atoms. The number of pyridine rings is 1. The Hall–Kier alpha value is -1.62. The van der Waals surface area contributed by atoms with E-state index in [-0.39, 0.29) is 23.3 Å². The number of rotatable bonds is 3. The highest BCUT2D eigenvalue weighted by Gasteiger charge is 2.30. The van der Waals surface area contributed by atoms with Gasteiger partial charge < -0.3 is 14.0 Å². The van der Waals surface area contributed by atoms with Crippen LogP contribution < -0.4 is 5.56 Å². The van der Waals surface area contributed by atoms with Crippen molar-refractivity contribution in [3.8, 4) is 0 Å². The smallest absolute Gasteiger partial charge is 0.343 e. The lowest BCUT2D eigenvalue weighted by molar-refractivity contribution is 0.0591. The molecule has 1 saturated carbocycles. The van der Waals surface area contributed by atoms with Gasteiger partial charge in [-0.05, 0) is 31.4 Å². The van der Waals surface area contributed by atoms with E-state index in [1.165, 1.54) is 13.2 Å². The predicted octanol–water partition coefficient (Wildman–Crippen LogP) is 1.37. The van der Waals surface area contributed by atoms with Crippen molar-refractivity contribution in [3.63, 3.8) is 0 Å². The zero-order chi connectivity index (χ0) is 13.1. The van der Waals surface area contributed by atoms with Crippen LogP contribution in [-0.2, 0) is 9.47 Å². The molecular weight excluding hydrogens is 234 g/mol. The molecule has 0 unspecified atom stereocenters. The number of nitrogens with zero attached hydrogens (tertiary/aromatic N) is 1. The number of carbonyl (C=O) groups is 1. The van der Waals surface area contributed by atoms with Gasteiger partial charge in [-0.15, -0.1) is 0 Å². The molecule has 0 saturated heterocycles. The summed E-state index contributed by atoms with van der Waals surface area (Å²) in [5.74, 6) is -0.596. The van der Waals surface area contributed by atoms with Crippen LogP contribution in [0.4, 0.5) is 0 Å². The van der Waals surface area contributed by atoms with Crippen LogP contribution in [-0.4, -0.2) is 30.9 Å². The molecule has 2 rings (SSSR count). The van der Waals surface area contributed by atoms with E-state index in [0.29, 0.717) is 0 Å². The normalized spacial score (nSPS) is 23.0. The Balaban J connectivity index is 2.40. The number of hydrogen-bond donors (Lipinski definition) is 0. The van der Waals surface area contributed by atoms with Crippen LogP contribution in [0.1, 0.15) is 35.7 Å². The average molecular weight is 251 g/mol. The van der Waals surface area contributed by atoms with Crippen molar-refractivity contribution in [2.75, 3.05) is 14.2 Å². The van der Waals surface area contributed by atoms with Gasteiger partial charge in [-0.1, -0.05) is 0 Å². The molecule has 0 aromatic carbocycles. The Morgan fingerprint density at radius 3 is 2.83 bits per heavy atom. The number of aromatic nitrogens is 1. The van der Waals surface area contributed by atoms with E-state index < -0.39 is 5.97 Å². The predicted molar refractivity (Wildman–Crippen MR) is 65.7 cm³/mol. The maximum atomic E-state index is 12.2. The molecule has 2 atom stereocenters. The first-order valence-electron chi connectivity index (χ1n) is 6.01. The highest BCUT2D eigenvalue weighted by atomic mass is 16.5. The standard InChI is InChI=1S/C13H17NO4/c1-17-11-7-3-6-10(11)14-8-4-5-9(12(14)15)13(16)18-2/h4-5,8,10-11H,3,6-7H2,1-2H3/t10-,11-/m1/s1. The number of carbonyl (C=O) groups excluding carboxylic acids is 1. The van der Waals surface area contributed by atoms with E-state index >= 15 is 0 Å². The molecule has 0 radical (unpaired) electrons. The first-order chi connectivity index (χ1) is 8.69. The van der Waals surface area contributed by atoms with Crippen molar-refractivity contribution >= 4 is 5.97 Å². The van der Waals surface area contributed by atoms with E-state index in [0.717, 1.165) is 19.3 Å². The molecule has 1 heterocycles.